The van der Waals surface area contributed by atoms with E-state index in [1.807, 2.05) is 4.68 Å². The Morgan fingerprint density at radius 3 is 2.94 bits per heavy atom. The summed E-state index contributed by atoms with van der Waals surface area (Å²) in [5.41, 5.74) is 0. The van der Waals surface area contributed by atoms with Gasteiger partial charge in [-0.1, -0.05) is 13.8 Å². The Hall–Kier alpha value is -0.940. The molecule has 0 spiro atoms. The number of unbranched alkanes of at least 4 members (excludes halogenated alkanes) is 1. The molecule has 0 radical (unpaired) electrons. The van der Waals surface area contributed by atoms with Gasteiger partial charge in [-0.25, -0.2) is 9.67 Å². The Morgan fingerprint density at radius 1 is 1.41 bits per heavy atom. The maximum Gasteiger partial charge on any atom is 0.140 e. The molecule has 1 heterocycles. The van der Waals surface area contributed by atoms with Crippen molar-refractivity contribution < 1.29 is 4.74 Å². The molecular formula is C12H24N4O. The highest BCUT2D eigenvalue weighted by molar-refractivity contribution is 4.83. The fraction of sp³-hybridized carbons (Fsp3) is 0.833. The van der Waals surface area contributed by atoms with Crippen molar-refractivity contribution in [1.29, 1.82) is 0 Å². The van der Waals surface area contributed by atoms with Gasteiger partial charge in [0.05, 0.1) is 6.54 Å². The molecule has 0 aliphatic heterocycles. The third kappa shape index (κ3) is 5.79. The van der Waals surface area contributed by atoms with E-state index in [0.29, 0.717) is 5.92 Å². The Labute approximate surface area is 104 Å². The van der Waals surface area contributed by atoms with Crippen molar-refractivity contribution in [3.63, 3.8) is 0 Å². The molecule has 5 nitrogen and oxygen atoms in total. The zero-order chi connectivity index (χ0) is 12.5. The monoisotopic (exact) mass is 240 g/mol. The van der Waals surface area contributed by atoms with E-state index in [-0.39, 0.29) is 0 Å². The number of nitrogens with zero attached hydrogens (tertiary/aromatic N) is 3. The van der Waals surface area contributed by atoms with Crippen LogP contribution in [-0.2, 0) is 17.8 Å². The second-order valence-electron chi connectivity index (χ2n) is 4.63. The maximum atomic E-state index is 5.00. The van der Waals surface area contributed by atoms with Crippen molar-refractivity contribution in [2.45, 2.75) is 39.8 Å². The van der Waals surface area contributed by atoms with Crippen molar-refractivity contribution in [3.05, 3.63) is 12.2 Å². The molecule has 1 N–H and O–H groups in total. The lowest BCUT2D eigenvalue weighted by Gasteiger charge is -2.09. The second-order valence-corrected chi connectivity index (χ2v) is 4.63. The molecule has 0 unspecified atom stereocenters. The van der Waals surface area contributed by atoms with E-state index in [4.69, 9.17) is 4.74 Å². The average Bonchev–Trinajstić information content (AvgIpc) is 2.70. The van der Waals surface area contributed by atoms with Gasteiger partial charge in [0.15, 0.2) is 0 Å². The summed E-state index contributed by atoms with van der Waals surface area (Å²) in [6.45, 7) is 7.93. The number of methoxy groups -OCH3 is 1. The van der Waals surface area contributed by atoms with Crippen molar-refractivity contribution in [2.75, 3.05) is 20.3 Å². The van der Waals surface area contributed by atoms with E-state index in [1.165, 1.54) is 0 Å². The molecule has 0 fully saturated rings. The number of hydrogen-bond donors (Lipinski definition) is 1. The van der Waals surface area contributed by atoms with Crippen LogP contribution >= 0.6 is 0 Å². The molecule has 0 aliphatic carbocycles. The number of nitrogens with one attached hydrogen (secondary N) is 1. The summed E-state index contributed by atoms with van der Waals surface area (Å²) in [5, 5.41) is 7.61. The summed E-state index contributed by atoms with van der Waals surface area (Å²) >= 11 is 0. The first-order chi connectivity index (χ1) is 8.24. The molecule has 98 valence electrons. The van der Waals surface area contributed by atoms with E-state index in [9.17, 15) is 0 Å². The Balaban J connectivity index is 2.20. The van der Waals surface area contributed by atoms with Crippen LogP contribution in [0.3, 0.4) is 0 Å². The largest absolute Gasteiger partial charge is 0.385 e. The van der Waals surface area contributed by atoms with Gasteiger partial charge in [0.2, 0.25) is 0 Å². The SMILES string of the molecule is COCCCCNCc1ncnn1CC(C)C. The standard InChI is InChI=1S/C12H24N4O/c1-11(2)9-16-12(14-10-15-16)8-13-6-4-5-7-17-3/h10-11,13H,4-9H2,1-3H3. The molecule has 1 rings (SSSR count). The molecule has 17 heavy (non-hydrogen) atoms. The lowest BCUT2D eigenvalue weighted by Crippen LogP contribution is -2.20. The third-order valence-corrected chi connectivity index (χ3v) is 2.47. The zero-order valence-corrected chi connectivity index (χ0v) is 11.1. The van der Waals surface area contributed by atoms with Gasteiger partial charge in [-0.05, 0) is 25.3 Å². The van der Waals surface area contributed by atoms with Gasteiger partial charge in [-0.2, -0.15) is 5.10 Å². The minimum atomic E-state index is 0.595. The van der Waals surface area contributed by atoms with Gasteiger partial charge in [0.1, 0.15) is 12.2 Å². The first-order valence-electron chi connectivity index (χ1n) is 6.30. The normalized spacial score (nSPS) is 11.3. The Morgan fingerprint density at radius 2 is 2.24 bits per heavy atom. The van der Waals surface area contributed by atoms with Crippen LogP contribution in [0.1, 0.15) is 32.5 Å². The van der Waals surface area contributed by atoms with Gasteiger partial charge >= 0.3 is 0 Å². The molecule has 0 aromatic carbocycles. The smallest absolute Gasteiger partial charge is 0.140 e. The summed E-state index contributed by atoms with van der Waals surface area (Å²) in [6.07, 6.45) is 3.86. The lowest BCUT2D eigenvalue weighted by atomic mass is 10.2. The first-order valence-corrected chi connectivity index (χ1v) is 6.30. The molecule has 5 heteroatoms. The van der Waals surface area contributed by atoms with Crippen LogP contribution in [0.5, 0.6) is 0 Å². The molecule has 1 aromatic heterocycles. The zero-order valence-electron chi connectivity index (χ0n) is 11.1. The third-order valence-electron chi connectivity index (χ3n) is 2.47. The van der Waals surface area contributed by atoms with Crippen LogP contribution in [0.2, 0.25) is 0 Å². The van der Waals surface area contributed by atoms with Crippen LogP contribution in [0.25, 0.3) is 0 Å². The van der Waals surface area contributed by atoms with Gasteiger partial charge in [-0.3, -0.25) is 0 Å². The topological polar surface area (TPSA) is 52.0 Å². The molecule has 0 saturated carbocycles. The average molecular weight is 240 g/mol. The fourth-order valence-corrected chi connectivity index (χ4v) is 1.62. The van der Waals surface area contributed by atoms with Gasteiger partial charge in [-0.15, -0.1) is 0 Å². The van der Waals surface area contributed by atoms with Crippen molar-refractivity contribution in [2.24, 2.45) is 5.92 Å². The molecule has 1 aromatic rings. The Bertz CT molecular complexity index is 298. The summed E-state index contributed by atoms with van der Waals surface area (Å²) < 4.78 is 6.98. The summed E-state index contributed by atoms with van der Waals surface area (Å²) in [5.74, 6) is 1.61. The van der Waals surface area contributed by atoms with E-state index < -0.39 is 0 Å². The predicted molar refractivity (Wildman–Crippen MR) is 67.7 cm³/mol. The van der Waals surface area contributed by atoms with Gasteiger partial charge in [0.25, 0.3) is 0 Å². The maximum absolute atomic E-state index is 5.00. The summed E-state index contributed by atoms with van der Waals surface area (Å²) in [4.78, 5) is 4.27. The van der Waals surface area contributed by atoms with Crippen LogP contribution in [0.15, 0.2) is 6.33 Å². The quantitative estimate of drug-likeness (QED) is 0.664. The van der Waals surface area contributed by atoms with Gasteiger partial charge < -0.3 is 10.1 Å². The minimum absolute atomic E-state index is 0.595. The number of rotatable bonds is 9. The number of hydrogen-bond acceptors (Lipinski definition) is 4. The highest BCUT2D eigenvalue weighted by atomic mass is 16.5. The highest BCUT2D eigenvalue weighted by Crippen LogP contribution is 2.00. The highest BCUT2D eigenvalue weighted by Gasteiger charge is 2.05. The van der Waals surface area contributed by atoms with Crippen LogP contribution in [-0.4, -0.2) is 35.0 Å². The number of ether oxygens (including phenoxy) is 1. The van der Waals surface area contributed by atoms with Gasteiger partial charge in [0, 0.05) is 20.3 Å². The molecular weight excluding hydrogens is 216 g/mol. The van der Waals surface area contributed by atoms with Crippen LogP contribution in [0, 0.1) is 5.92 Å². The van der Waals surface area contributed by atoms with Crippen LogP contribution < -0.4 is 5.32 Å². The molecule has 0 atom stereocenters. The summed E-state index contributed by atoms with van der Waals surface area (Å²) in [6, 6.07) is 0. The van der Waals surface area contributed by atoms with Crippen LogP contribution in [0.4, 0.5) is 0 Å². The van der Waals surface area contributed by atoms with E-state index in [1.54, 1.807) is 13.4 Å². The number of aromatic nitrogens is 3. The molecule has 0 aliphatic rings. The lowest BCUT2D eigenvalue weighted by molar-refractivity contribution is 0.192. The second kappa shape index (κ2) is 8.20. The predicted octanol–water partition coefficient (Wildman–Crippen LogP) is 1.45. The molecule has 0 bridgehead atoms. The van der Waals surface area contributed by atoms with E-state index >= 15 is 0 Å². The summed E-state index contributed by atoms with van der Waals surface area (Å²) in [7, 11) is 1.74. The Kier molecular flexibility index (Phi) is 6.81. The van der Waals surface area contributed by atoms with E-state index in [0.717, 1.165) is 44.9 Å². The fourth-order valence-electron chi connectivity index (χ4n) is 1.62. The molecule has 0 amide bonds. The van der Waals surface area contributed by atoms with E-state index in [2.05, 4.69) is 29.2 Å². The van der Waals surface area contributed by atoms with Crippen molar-refractivity contribution in [1.82, 2.24) is 20.1 Å². The molecule has 0 saturated heterocycles. The van der Waals surface area contributed by atoms with Crippen molar-refractivity contribution in [3.8, 4) is 0 Å². The first kappa shape index (κ1) is 14.1. The minimum Gasteiger partial charge on any atom is -0.385 e. The van der Waals surface area contributed by atoms with Crippen molar-refractivity contribution >= 4 is 0 Å².